The van der Waals surface area contributed by atoms with Crippen LogP contribution in [0, 0.1) is 5.92 Å². The van der Waals surface area contributed by atoms with E-state index >= 15 is 0 Å². The van der Waals surface area contributed by atoms with E-state index in [0.29, 0.717) is 35.3 Å². The zero-order valence-electron chi connectivity index (χ0n) is 18.7. The van der Waals surface area contributed by atoms with Gasteiger partial charge in [-0.15, -0.1) is 0 Å². The van der Waals surface area contributed by atoms with E-state index in [2.05, 4.69) is 10.3 Å². The molecular formula is C24H28N2O7. The van der Waals surface area contributed by atoms with Gasteiger partial charge in [0.25, 0.3) is 5.91 Å². The van der Waals surface area contributed by atoms with E-state index in [-0.39, 0.29) is 24.7 Å². The minimum Gasteiger partial charge on any atom is -0.479 e. The Labute approximate surface area is 192 Å². The van der Waals surface area contributed by atoms with Crippen LogP contribution in [-0.2, 0) is 9.53 Å². The van der Waals surface area contributed by atoms with Crippen LogP contribution in [0.1, 0.15) is 49.9 Å². The fourth-order valence-corrected chi connectivity index (χ4v) is 3.95. The van der Waals surface area contributed by atoms with Crippen molar-refractivity contribution in [3.8, 4) is 23.1 Å². The second kappa shape index (κ2) is 9.66. The molecule has 0 unspecified atom stereocenters. The van der Waals surface area contributed by atoms with Crippen molar-refractivity contribution >= 4 is 11.9 Å². The number of aromatic nitrogens is 1. The molecule has 0 radical (unpaired) electrons. The summed E-state index contributed by atoms with van der Waals surface area (Å²) < 4.78 is 22.3. The van der Waals surface area contributed by atoms with Gasteiger partial charge < -0.3 is 29.4 Å². The monoisotopic (exact) mass is 456 g/mol. The first-order valence-corrected chi connectivity index (χ1v) is 11.0. The third-order valence-corrected chi connectivity index (χ3v) is 5.90. The molecule has 4 rings (SSSR count). The highest BCUT2D eigenvalue weighted by Crippen LogP contribution is 2.36. The lowest BCUT2D eigenvalue weighted by Gasteiger charge is -2.33. The summed E-state index contributed by atoms with van der Waals surface area (Å²) in [4.78, 5) is 28.3. The molecule has 33 heavy (non-hydrogen) atoms. The Morgan fingerprint density at radius 1 is 1.15 bits per heavy atom. The van der Waals surface area contributed by atoms with Gasteiger partial charge in [0.1, 0.15) is 11.3 Å². The minimum atomic E-state index is -1.19. The van der Waals surface area contributed by atoms with Gasteiger partial charge in [0, 0.05) is 18.8 Å². The molecule has 1 fully saturated rings. The number of pyridine rings is 1. The predicted octanol–water partition coefficient (Wildman–Crippen LogP) is 3.77. The first-order chi connectivity index (χ1) is 15.8. The average Bonchev–Trinajstić information content (AvgIpc) is 3.26. The van der Waals surface area contributed by atoms with Gasteiger partial charge in [-0.1, -0.05) is 0 Å². The summed E-state index contributed by atoms with van der Waals surface area (Å²) in [6.07, 6.45) is 4.73. The molecule has 2 aromatic rings. The van der Waals surface area contributed by atoms with E-state index in [0.717, 1.165) is 25.7 Å². The highest BCUT2D eigenvalue weighted by molar-refractivity contribution is 5.96. The smallest absolute Gasteiger partial charge is 0.335 e. The number of nitrogens with one attached hydrogen (secondary N) is 1. The molecule has 2 aliphatic rings. The number of benzene rings is 1. The van der Waals surface area contributed by atoms with E-state index in [1.807, 2.05) is 0 Å². The number of nitrogens with zero attached hydrogens (tertiary/aromatic N) is 1. The van der Waals surface area contributed by atoms with Crippen molar-refractivity contribution in [1.29, 1.82) is 0 Å². The third kappa shape index (κ3) is 5.54. The van der Waals surface area contributed by atoms with Crippen LogP contribution in [0.4, 0.5) is 0 Å². The number of amides is 1. The largest absolute Gasteiger partial charge is 0.479 e. The first kappa shape index (κ1) is 22.8. The predicted molar refractivity (Wildman–Crippen MR) is 118 cm³/mol. The minimum absolute atomic E-state index is 0.0805. The fourth-order valence-electron chi connectivity index (χ4n) is 3.95. The van der Waals surface area contributed by atoms with Crippen LogP contribution in [0.2, 0.25) is 0 Å². The molecule has 9 heteroatoms. The Hall–Kier alpha value is -3.33. The van der Waals surface area contributed by atoms with E-state index in [9.17, 15) is 14.7 Å². The molecule has 1 saturated carbocycles. The second-order valence-corrected chi connectivity index (χ2v) is 8.76. The van der Waals surface area contributed by atoms with Gasteiger partial charge >= 0.3 is 5.97 Å². The van der Waals surface area contributed by atoms with Crippen LogP contribution < -0.4 is 19.5 Å². The summed E-state index contributed by atoms with van der Waals surface area (Å²) in [5.74, 6) is 1.01. The maximum Gasteiger partial charge on any atom is 0.335 e. The van der Waals surface area contributed by atoms with Gasteiger partial charge in [-0.25, -0.2) is 9.78 Å². The summed E-state index contributed by atoms with van der Waals surface area (Å²) >= 11 is 0. The molecule has 2 N–H and O–H groups in total. The number of fused-ring (bicyclic) bond motifs is 1. The standard InChI is InChI=1S/C24H28N2O7/c1-24(2,23(28)29)33-16-7-5-15(6-8-16)13-26-21(27)18-4-3-11-25-22(18)32-17-9-10-19-20(12-17)31-14-30-19/h3-4,9-12,15-16H,5-8,13-14H2,1-2H3,(H,26,27)(H,28,29). The lowest BCUT2D eigenvalue weighted by Crippen LogP contribution is -2.40. The van der Waals surface area contributed by atoms with Crippen molar-refractivity contribution < 1.29 is 33.6 Å². The average molecular weight is 456 g/mol. The van der Waals surface area contributed by atoms with Crippen molar-refractivity contribution in [3.63, 3.8) is 0 Å². The van der Waals surface area contributed by atoms with E-state index in [4.69, 9.17) is 18.9 Å². The van der Waals surface area contributed by atoms with Crippen molar-refractivity contribution in [1.82, 2.24) is 10.3 Å². The van der Waals surface area contributed by atoms with Gasteiger partial charge in [-0.3, -0.25) is 4.79 Å². The highest BCUT2D eigenvalue weighted by Gasteiger charge is 2.33. The molecule has 176 valence electrons. The topological polar surface area (TPSA) is 116 Å². The van der Waals surface area contributed by atoms with Crippen molar-refractivity contribution in [3.05, 3.63) is 42.1 Å². The summed E-state index contributed by atoms with van der Waals surface area (Å²) in [5, 5.41) is 12.2. The van der Waals surface area contributed by atoms with E-state index < -0.39 is 11.6 Å². The molecule has 0 bridgehead atoms. The maximum absolute atomic E-state index is 12.8. The first-order valence-electron chi connectivity index (χ1n) is 11.0. The molecule has 9 nitrogen and oxygen atoms in total. The zero-order chi connectivity index (χ0) is 23.4. The van der Waals surface area contributed by atoms with Gasteiger partial charge in [0.15, 0.2) is 17.1 Å². The Morgan fingerprint density at radius 2 is 1.91 bits per heavy atom. The van der Waals surface area contributed by atoms with Crippen molar-refractivity contribution in [2.45, 2.75) is 51.2 Å². The number of carbonyl (C=O) groups is 2. The molecule has 2 heterocycles. The number of carboxylic acid groups (broad SMARTS) is 1. The molecule has 1 amide bonds. The van der Waals surface area contributed by atoms with Crippen LogP contribution in [0.15, 0.2) is 36.5 Å². The van der Waals surface area contributed by atoms with Gasteiger partial charge in [0.2, 0.25) is 12.7 Å². The second-order valence-electron chi connectivity index (χ2n) is 8.76. The van der Waals surface area contributed by atoms with Crippen LogP contribution in [0.5, 0.6) is 23.1 Å². The zero-order valence-corrected chi connectivity index (χ0v) is 18.7. The molecule has 1 aromatic carbocycles. The summed E-state index contributed by atoms with van der Waals surface area (Å²) in [7, 11) is 0. The normalized spacial score (nSPS) is 19.7. The Morgan fingerprint density at radius 3 is 2.67 bits per heavy atom. The maximum atomic E-state index is 12.8. The molecule has 0 saturated heterocycles. The molecule has 1 aliphatic carbocycles. The number of hydrogen-bond donors (Lipinski definition) is 2. The molecule has 1 aromatic heterocycles. The van der Waals surface area contributed by atoms with E-state index in [1.165, 1.54) is 0 Å². The Bertz CT molecular complexity index is 1020. The summed E-state index contributed by atoms with van der Waals surface area (Å²) in [6, 6.07) is 8.54. The van der Waals surface area contributed by atoms with Gasteiger partial charge in [-0.05, 0) is 69.7 Å². The van der Waals surface area contributed by atoms with Crippen LogP contribution in [0.3, 0.4) is 0 Å². The van der Waals surface area contributed by atoms with Crippen molar-refractivity contribution in [2.75, 3.05) is 13.3 Å². The third-order valence-electron chi connectivity index (χ3n) is 5.90. The summed E-state index contributed by atoms with van der Waals surface area (Å²) in [6.45, 7) is 3.82. The Kier molecular flexibility index (Phi) is 6.69. The SMILES string of the molecule is CC(C)(OC1CCC(CNC(=O)c2cccnc2Oc2ccc3c(c2)OCO3)CC1)C(=O)O. The van der Waals surface area contributed by atoms with Crippen molar-refractivity contribution in [2.24, 2.45) is 5.92 Å². The number of aliphatic carboxylic acids is 1. The quantitative estimate of drug-likeness (QED) is 0.617. The fraction of sp³-hybridized carbons (Fsp3) is 0.458. The van der Waals surface area contributed by atoms with Gasteiger partial charge in [0.05, 0.1) is 6.10 Å². The van der Waals surface area contributed by atoms with Gasteiger partial charge in [-0.2, -0.15) is 0 Å². The number of hydrogen-bond acceptors (Lipinski definition) is 7. The van der Waals surface area contributed by atoms with Crippen LogP contribution in [-0.4, -0.2) is 47.0 Å². The number of carboxylic acids is 1. The molecular weight excluding hydrogens is 428 g/mol. The number of rotatable bonds is 8. The molecule has 0 spiro atoms. The van der Waals surface area contributed by atoms with E-state index in [1.54, 1.807) is 50.4 Å². The lowest BCUT2D eigenvalue weighted by atomic mass is 9.87. The lowest BCUT2D eigenvalue weighted by molar-refractivity contribution is -0.170. The van der Waals surface area contributed by atoms with Crippen LogP contribution >= 0.6 is 0 Å². The van der Waals surface area contributed by atoms with Crippen LogP contribution in [0.25, 0.3) is 0 Å². The number of ether oxygens (including phenoxy) is 4. The summed E-state index contributed by atoms with van der Waals surface area (Å²) in [5.41, 5.74) is -0.851. The number of carbonyl (C=O) groups excluding carboxylic acids is 1. The highest BCUT2D eigenvalue weighted by atomic mass is 16.7. The molecule has 0 atom stereocenters. The molecule has 1 aliphatic heterocycles. The Balaban J connectivity index is 1.30.